The Morgan fingerprint density at radius 1 is 1.06 bits per heavy atom. The fourth-order valence-corrected chi connectivity index (χ4v) is 5.25. The van der Waals surface area contributed by atoms with Crippen molar-refractivity contribution in [3.8, 4) is 0 Å². The number of aliphatic hydroxyl groups is 1. The van der Waals surface area contributed by atoms with Crippen LogP contribution in [0.5, 0.6) is 0 Å². The van der Waals surface area contributed by atoms with Gasteiger partial charge in [-0.3, -0.25) is 14.4 Å². The second-order valence-electron chi connectivity index (χ2n) is 11.4. The molecule has 4 N–H and O–H groups in total. The predicted molar refractivity (Wildman–Crippen MR) is 121 cm³/mol. The van der Waals surface area contributed by atoms with Crippen LogP contribution in [0.1, 0.15) is 60.8 Å². The molecule has 1 heterocycles. The summed E-state index contributed by atoms with van der Waals surface area (Å²) in [5.41, 5.74) is -0.106. The number of carbonyl (C=O) groups excluding carboxylic acids is 3. The molecule has 186 valence electrons. The number of amides is 3. The minimum absolute atomic E-state index is 0.0430. The first-order valence-electron chi connectivity index (χ1n) is 12.1. The second-order valence-corrected chi connectivity index (χ2v) is 11.4. The Hall–Kier alpha value is -2.16. The average molecular weight is 466 g/mol. The van der Waals surface area contributed by atoms with Crippen molar-refractivity contribution in [1.29, 1.82) is 0 Å². The molecule has 0 radical (unpaired) electrons. The van der Waals surface area contributed by atoms with Gasteiger partial charge < -0.3 is 25.7 Å². The summed E-state index contributed by atoms with van der Waals surface area (Å²) in [4.78, 5) is 52.3. The maximum absolute atomic E-state index is 13.5. The molecule has 3 fully saturated rings. The number of hydrogen-bond acceptors (Lipinski definition) is 5. The molecule has 6 atom stereocenters. The lowest BCUT2D eigenvalue weighted by Crippen LogP contribution is -2.59. The van der Waals surface area contributed by atoms with Gasteiger partial charge in [0.25, 0.3) is 0 Å². The monoisotopic (exact) mass is 465 g/mol. The minimum Gasteiger partial charge on any atom is -0.479 e. The normalized spacial score (nSPS) is 28.2. The van der Waals surface area contributed by atoms with Gasteiger partial charge in [-0.05, 0) is 35.5 Å². The number of likely N-dealkylation sites (tertiary alicyclic amines) is 1. The smallest absolute Gasteiger partial charge is 0.334 e. The van der Waals surface area contributed by atoms with E-state index in [1.165, 1.54) is 0 Å². The van der Waals surface area contributed by atoms with Crippen molar-refractivity contribution < 1.29 is 29.4 Å². The molecule has 1 aliphatic heterocycles. The van der Waals surface area contributed by atoms with E-state index in [4.69, 9.17) is 0 Å². The van der Waals surface area contributed by atoms with Crippen LogP contribution in [0.2, 0.25) is 0 Å². The molecule has 0 aromatic carbocycles. The number of fused-ring (bicyclic) bond motifs is 1. The highest BCUT2D eigenvalue weighted by Crippen LogP contribution is 2.65. The number of carboxylic acid groups (broad SMARTS) is 1. The molecule has 3 amide bonds. The van der Waals surface area contributed by atoms with E-state index in [9.17, 15) is 29.4 Å². The van der Waals surface area contributed by atoms with Crippen LogP contribution >= 0.6 is 0 Å². The highest BCUT2D eigenvalue weighted by molar-refractivity contribution is 5.94. The zero-order chi connectivity index (χ0) is 24.8. The molecule has 4 unspecified atom stereocenters. The summed E-state index contributed by atoms with van der Waals surface area (Å²) >= 11 is 0. The molecule has 3 rings (SSSR count). The largest absolute Gasteiger partial charge is 0.479 e. The summed E-state index contributed by atoms with van der Waals surface area (Å²) in [6, 6.07) is -2.40. The number of piperidine rings is 1. The maximum Gasteiger partial charge on any atom is 0.334 e. The van der Waals surface area contributed by atoms with E-state index in [1.807, 2.05) is 13.8 Å². The molecular weight excluding hydrogens is 426 g/mol. The third kappa shape index (κ3) is 5.18. The average Bonchev–Trinajstić information content (AvgIpc) is 3.57. The molecule has 1 saturated heterocycles. The second kappa shape index (κ2) is 9.24. The fourth-order valence-electron chi connectivity index (χ4n) is 5.25. The molecule has 2 saturated carbocycles. The maximum atomic E-state index is 13.5. The lowest BCUT2D eigenvalue weighted by Gasteiger charge is -2.35. The molecule has 0 aromatic rings. The van der Waals surface area contributed by atoms with Crippen molar-refractivity contribution in [2.75, 3.05) is 6.54 Å². The Morgan fingerprint density at radius 3 is 2.15 bits per heavy atom. The number of aliphatic carboxylic acids is 1. The van der Waals surface area contributed by atoms with Gasteiger partial charge in [0.1, 0.15) is 12.1 Å². The number of rotatable bonds is 10. The first-order valence-corrected chi connectivity index (χ1v) is 12.1. The minimum atomic E-state index is -1.70. The standard InChI is InChI=1S/C24H39N3O6/c1-11(2)17(26-20(29)12(3)4)22(31)27-10-14-16(24(14,5)6)18(27)21(30)25-15(9-13-7-8-13)19(28)23(32)33/h11-19,28H,7-10H2,1-6H3,(H,25,30)(H,26,29)(H,32,33)/t14-,15?,16?,17-,18?,19?/m0/s1. The van der Waals surface area contributed by atoms with E-state index >= 15 is 0 Å². The Bertz CT molecular complexity index is 806. The van der Waals surface area contributed by atoms with E-state index in [0.29, 0.717) is 18.9 Å². The zero-order valence-electron chi connectivity index (χ0n) is 20.5. The lowest BCUT2D eigenvalue weighted by atomic mass is 9.96. The third-order valence-electron chi connectivity index (χ3n) is 7.76. The van der Waals surface area contributed by atoms with Crippen molar-refractivity contribution in [3.63, 3.8) is 0 Å². The van der Waals surface area contributed by atoms with E-state index in [-0.39, 0.29) is 40.9 Å². The molecule has 2 aliphatic carbocycles. The van der Waals surface area contributed by atoms with E-state index < -0.39 is 36.1 Å². The Kier molecular flexibility index (Phi) is 7.13. The summed E-state index contributed by atoms with van der Waals surface area (Å²) < 4.78 is 0. The van der Waals surface area contributed by atoms with Crippen LogP contribution in [-0.4, -0.2) is 69.6 Å². The van der Waals surface area contributed by atoms with Crippen LogP contribution in [-0.2, 0) is 19.2 Å². The Labute approximate surface area is 195 Å². The van der Waals surface area contributed by atoms with Gasteiger partial charge in [-0.2, -0.15) is 0 Å². The molecule has 3 aliphatic rings. The van der Waals surface area contributed by atoms with Crippen molar-refractivity contribution in [3.05, 3.63) is 0 Å². The number of aliphatic hydroxyl groups excluding tert-OH is 1. The predicted octanol–water partition coefficient (Wildman–Crippen LogP) is 0.997. The van der Waals surface area contributed by atoms with Gasteiger partial charge in [-0.25, -0.2) is 4.79 Å². The van der Waals surface area contributed by atoms with E-state index in [2.05, 4.69) is 24.5 Å². The SMILES string of the molecule is CC(C)C(=O)N[C@H](C(=O)N1C[C@H]2C(C1C(=O)NC(CC1CC1)C(O)C(=O)O)C2(C)C)C(C)C. The molecule has 9 heteroatoms. The van der Waals surface area contributed by atoms with E-state index in [0.717, 1.165) is 12.8 Å². The topological polar surface area (TPSA) is 136 Å². The Morgan fingerprint density at radius 2 is 1.67 bits per heavy atom. The number of hydrogen-bond donors (Lipinski definition) is 4. The van der Waals surface area contributed by atoms with Crippen LogP contribution in [0.3, 0.4) is 0 Å². The number of nitrogens with zero attached hydrogens (tertiary/aromatic N) is 1. The van der Waals surface area contributed by atoms with Crippen LogP contribution in [0.25, 0.3) is 0 Å². The fraction of sp³-hybridized carbons (Fsp3) is 0.833. The van der Waals surface area contributed by atoms with Gasteiger partial charge in [0.15, 0.2) is 6.10 Å². The highest BCUT2D eigenvalue weighted by Gasteiger charge is 2.69. The molecule has 0 bridgehead atoms. The lowest BCUT2D eigenvalue weighted by molar-refractivity contribution is -0.150. The number of carbonyl (C=O) groups is 4. The summed E-state index contributed by atoms with van der Waals surface area (Å²) in [6.45, 7) is 11.8. The third-order valence-corrected chi connectivity index (χ3v) is 7.76. The molecule has 9 nitrogen and oxygen atoms in total. The van der Waals surface area contributed by atoms with Crippen LogP contribution < -0.4 is 10.6 Å². The van der Waals surface area contributed by atoms with Gasteiger partial charge >= 0.3 is 5.97 Å². The van der Waals surface area contributed by atoms with Gasteiger partial charge in [-0.15, -0.1) is 0 Å². The van der Waals surface area contributed by atoms with Crippen LogP contribution in [0.15, 0.2) is 0 Å². The van der Waals surface area contributed by atoms with Gasteiger partial charge in [0.05, 0.1) is 6.04 Å². The molecular formula is C24H39N3O6. The van der Waals surface area contributed by atoms with Gasteiger partial charge in [-0.1, -0.05) is 54.4 Å². The molecule has 0 spiro atoms. The van der Waals surface area contributed by atoms with E-state index in [1.54, 1.807) is 18.7 Å². The first kappa shape index (κ1) is 25.5. The molecule has 0 aromatic heterocycles. The summed E-state index contributed by atoms with van der Waals surface area (Å²) in [5.74, 6) is -2.33. The summed E-state index contributed by atoms with van der Waals surface area (Å²) in [5, 5.41) is 25.1. The highest BCUT2D eigenvalue weighted by atomic mass is 16.4. The Balaban J connectivity index is 1.80. The number of carboxylic acids is 1. The van der Waals surface area contributed by atoms with Crippen molar-refractivity contribution in [1.82, 2.24) is 15.5 Å². The van der Waals surface area contributed by atoms with Gasteiger partial charge in [0.2, 0.25) is 17.7 Å². The van der Waals surface area contributed by atoms with Gasteiger partial charge in [0, 0.05) is 12.5 Å². The number of nitrogens with one attached hydrogen (secondary N) is 2. The van der Waals surface area contributed by atoms with Crippen LogP contribution in [0.4, 0.5) is 0 Å². The summed E-state index contributed by atoms with van der Waals surface area (Å²) in [7, 11) is 0. The summed E-state index contributed by atoms with van der Waals surface area (Å²) in [6.07, 6.45) is 0.611. The van der Waals surface area contributed by atoms with Crippen molar-refractivity contribution in [2.45, 2.75) is 85.0 Å². The zero-order valence-corrected chi connectivity index (χ0v) is 20.5. The van der Waals surface area contributed by atoms with Crippen LogP contribution in [0, 0.1) is 35.0 Å². The first-order chi connectivity index (χ1) is 15.3. The quantitative estimate of drug-likeness (QED) is 0.380. The van der Waals surface area contributed by atoms with Crippen molar-refractivity contribution >= 4 is 23.7 Å². The molecule has 33 heavy (non-hydrogen) atoms. The van der Waals surface area contributed by atoms with Crippen molar-refractivity contribution in [2.24, 2.45) is 35.0 Å².